The number of benzene rings is 1. The first kappa shape index (κ1) is 19.8. The second-order valence-corrected chi connectivity index (χ2v) is 5.41. The zero-order valence-electron chi connectivity index (χ0n) is 15.0. The lowest BCUT2D eigenvalue weighted by molar-refractivity contribution is -0.139. The maximum absolute atomic E-state index is 13.1. The smallest absolute Gasteiger partial charge is 0.423 e. The van der Waals surface area contributed by atoms with Crippen LogP contribution >= 0.6 is 0 Å². The third kappa shape index (κ3) is 4.77. The molecule has 1 aromatic heterocycles. The Labute approximate surface area is 150 Å². The average Bonchev–Trinajstić information content (AvgIpc) is 2.61. The number of nitrogens with zero attached hydrogens (tertiary/aromatic N) is 3. The number of ether oxygens (including phenoxy) is 2. The van der Waals surface area contributed by atoms with Gasteiger partial charge in [0.05, 0.1) is 13.2 Å². The van der Waals surface area contributed by atoms with Crippen molar-refractivity contribution in [2.45, 2.75) is 33.4 Å². The van der Waals surface area contributed by atoms with Gasteiger partial charge in [0.15, 0.2) is 0 Å². The Kier molecular flexibility index (Phi) is 6.65. The van der Waals surface area contributed by atoms with Crippen LogP contribution in [-0.2, 0) is 6.18 Å². The molecule has 0 aliphatic carbocycles. The van der Waals surface area contributed by atoms with Crippen molar-refractivity contribution in [1.82, 2.24) is 9.97 Å². The molecule has 0 aliphatic heterocycles. The van der Waals surface area contributed by atoms with E-state index in [1.54, 1.807) is 24.0 Å². The molecule has 26 heavy (non-hydrogen) atoms. The molecule has 2 aromatic rings. The summed E-state index contributed by atoms with van der Waals surface area (Å²) in [5, 5.41) is 0. The maximum Gasteiger partial charge on any atom is 0.423 e. The Balaban J connectivity index is 2.33. The number of hydrogen-bond donors (Lipinski definition) is 0. The summed E-state index contributed by atoms with van der Waals surface area (Å²) >= 11 is 0. The maximum atomic E-state index is 13.1. The predicted molar refractivity (Wildman–Crippen MR) is 93.1 cm³/mol. The summed E-state index contributed by atoms with van der Waals surface area (Å²) in [6, 6.07) is 7.24. The van der Waals surface area contributed by atoms with E-state index in [4.69, 9.17) is 9.47 Å². The van der Waals surface area contributed by atoms with Gasteiger partial charge in [-0.15, -0.1) is 0 Å². The van der Waals surface area contributed by atoms with Crippen molar-refractivity contribution in [3.05, 3.63) is 36.0 Å². The largest absolute Gasteiger partial charge is 0.494 e. The number of halogens is 3. The Morgan fingerprint density at radius 2 is 1.73 bits per heavy atom. The quantitative estimate of drug-likeness (QED) is 0.666. The van der Waals surface area contributed by atoms with E-state index in [9.17, 15) is 13.2 Å². The highest BCUT2D eigenvalue weighted by atomic mass is 19.4. The molecule has 142 valence electrons. The van der Waals surface area contributed by atoms with Crippen molar-refractivity contribution in [2.24, 2.45) is 0 Å². The lowest BCUT2D eigenvalue weighted by Crippen LogP contribution is -2.20. The molecular formula is C18H22F3N3O2. The molecule has 0 N–H and O–H groups in total. The van der Waals surface area contributed by atoms with Gasteiger partial charge in [0.2, 0.25) is 11.8 Å². The first-order valence-corrected chi connectivity index (χ1v) is 8.48. The molecule has 0 unspecified atom stereocenters. The van der Waals surface area contributed by atoms with Crippen LogP contribution in [0.25, 0.3) is 0 Å². The number of hydrogen-bond acceptors (Lipinski definition) is 5. The highest BCUT2D eigenvalue weighted by Gasteiger charge is 2.36. The summed E-state index contributed by atoms with van der Waals surface area (Å²) in [6.45, 7) is 6.67. The highest BCUT2D eigenvalue weighted by Crippen LogP contribution is 2.36. The molecule has 0 spiro atoms. The summed E-state index contributed by atoms with van der Waals surface area (Å²) in [7, 11) is 0. The van der Waals surface area contributed by atoms with Crippen LogP contribution in [0.5, 0.6) is 11.6 Å². The van der Waals surface area contributed by atoms with Crippen molar-refractivity contribution in [3.63, 3.8) is 0 Å². The monoisotopic (exact) mass is 369 g/mol. The third-order valence-corrected chi connectivity index (χ3v) is 3.51. The van der Waals surface area contributed by atoms with Crippen LogP contribution in [0.3, 0.4) is 0 Å². The van der Waals surface area contributed by atoms with Gasteiger partial charge < -0.3 is 14.4 Å². The molecule has 0 radical (unpaired) electrons. The summed E-state index contributed by atoms with van der Waals surface area (Å²) in [5.74, 6) is 0.410. The molecule has 5 nitrogen and oxygen atoms in total. The van der Waals surface area contributed by atoms with Crippen LogP contribution in [0.1, 0.15) is 32.8 Å². The van der Waals surface area contributed by atoms with Crippen molar-refractivity contribution >= 4 is 11.6 Å². The van der Waals surface area contributed by atoms with Crippen molar-refractivity contribution in [2.75, 3.05) is 24.7 Å². The van der Waals surface area contributed by atoms with E-state index in [2.05, 4.69) is 9.97 Å². The lowest BCUT2D eigenvalue weighted by Gasteiger charge is -2.22. The van der Waals surface area contributed by atoms with Crippen molar-refractivity contribution in [1.29, 1.82) is 0 Å². The average molecular weight is 369 g/mol. The van der Waals surface area contributed by atoms with Gasteiger partial charge in [0.1, 0.15) is 11.3 Å². The van der Waals surface area contributed by atoms with Crippen LogP contribution in [0.2, 0.25) is 0 Å². The van der Waals surface area contributed by atoms with E-state index < -0.39 is 17.6 Å². The van der Waals surface area contributed by atoms with E-state index in [0.717, 1.165) is 24.1 Å². The van der Waals surface area contributed by atoms with E-state index in [1.807, 2.05) is 26.0 Å². The number of alkyl halides is 3. The zero-order chi connectivity index (χ0) is 19.2. The second-order valence-electron chi connectivity index (χ2n) is 5.41. The fraction of sp³-hybridized carbons (Fsp3) is 0.444. The molecule has 0 atom stereocenters. The zero-order valence-corrected chi connectivity index (χ0v) is 15.0. The topological polar surface area (TPSA) is 47.5 Å². The number of aromatic nitrogens is 2. The summed E-state index contributed by atoms with van der Waals surface area (Å²) in [5.41, 5.74) is -0.235. The Bertz CT molecular complexity index is 706. The normalized spacial score (nSPS) is 11.3. The van der Waals surface area contributed by atoms with Gasteiger partial charge in [-0.2, -0.15) is 18.2 Å². The summed E-state index contributed by atoms with van der Waals surface area (Å²) in [6.07, 6.45) is -2.91. The van der Waals surface area contributed by atoms with Gasteiger partial charge in [-0.25, -0.2) is 4.98 Å². The van der Waals surface area contributed by atoms with E-state index in [0.29, 0.717) is 13.2 Å². The minimum absolute atomic E-state index is 0.0785. The van der Waals surface area contributed by atoms with Gasteiger partial charge in [0.25, 0.3) is 0 Å². The van der Waals surface area contributed by atoms with E-state index in [1.165, 1.54) is 0 Å². The van der Waals surface area contributed by atoms with Gasteiger partial charge in [-0.1, -0.05) is 6.92 Å². The molecule has 0 saturated heterocycles. The van der Waals surface area contributed by atoms with Crippen LogP contribution in [0.4, 0.5) is 24.8 Å². The van der Waals surface area contributed by atoms with Gasteiger partial charge in [-0.05, 0) is 44.5 Å². The molecular weight excluding hydrogens is 347 g/mol. The first-order chi connectivity index (χ1) is 12.4. The fourth-order valence-electron chi connectivity index (χ4n) is 2.31. The Hall–Kier alpha value is -2.51. The van der Waals surface area contributed by atoms with E-state index in [-0.39, 0.29) is 12.6 Å². The summed E-state index contributed by atoms with van der Waals surface area (Å²) < 4.78 is 49.8. The van der Waals surface area contributed by atoms with Crippen molar-refractivity contribution < 1.29 is 22.6 Å². The molecule has 0 bridgehead atoms. The van der Waals surface area contributed by atoms with Gasteiger partial charge >= 0.3 is 6.18 Å². The van der Waals surface area contributed by atoms with Crippen LogP contribution < -0.4 is 14.4 Å². The minimum Gasteiger partial charge on any atom is -0.494 e. The first-order valence-electron chi connectivity index (χ1n) is 8.48. The van der Waals surface area contributed by atoms with Crippen molar-refractivity contribution in [3.8, 4) is 11.6 Å². The van der Waals surface area contributed by atoms with Gasteiger partial charge in [-0.3, -0.25) is 0 Å². The lowest BCUT2D eigenvalue weighted by atomic mass is 10.2. The molecule has 1 aromatic carbocycles. The summed E-state index contributed by atoms with van der Waals surface area (Å²) in [4.78, 5) is 9.58. The van der Waals surface area contributed by atoms with Crippen LogP contribution in [0, 0.1) is 0 Å². The molecule has 2 rings (SSSR count). The third-order valence-electron chi connectivity index (χ3n) is 3.51. The Morgan fingerprint density at radius 1 is 1.04 bits per heavy atom. The molecule has 8 heteroatoms. The Morgan fingerprint density at radius 3 is 2.27 bits per heavy atom. The SMILES string of the molecule is CCCOc1ccc(N(CC)c2ncc(C(F)(F)F)c(OCC)n2)cc1. The molecule has 0 amide bonds. The van der Waals surface area contributed by atoms with E-state index >= 15 is 0 Å². The molecule has 1 heterocycles. The van der Waals surface area contributed by atoms with Crippen LogP contribution in [-0.4, -0.2) is 29.7 Å². The predicted octanol–water partition coefficient (Wildman–Crippen LogP) is 4.84. The minimum atomic E-state index is -4.57. The fourth-order valence-corrected chi connectivity index (χ4v) is 2.31. The highest BCUT2D eigenvalue weighted by molar-refractivity contribution is 5.58. The molecule has 0 saturated carbocycles. The molecule has 0 fully saturated rings. The number of anilines is 2. The van der Waals surface area contributed by atoms with Crippen LogP contribution in [0.15, 0.2) is 30.5 Å². The number of rotatable bonds is 8. The standard InChI is InChI=1S/C18H22F3N3O2/c1-4-11-26-14-9-7-13(8-10-14)24(5-2)17-22-12-15(18(19,20)21)16(23-17)25-6-3/h7-10,12H,4-6,11H2,1-3H3. The van der Waals surface area contributed by atoms with Gasteiger partial charge in [0, 0.05) is 18.4 Å². The second kappa shape index (κ2) is 8.73. The molecule has 0 aliphatic rings.